The number of aryl methyl sites for hydroxylation is 1. The van der Waals surface area contributed by atoms with Crippen LogP contribution in [0.2, 0.25) is 0 Å². The highest BCUT2D eigenvalue weighted by Crippen LogP contribution is 2.39. The molecular formula is C17H24N2O. The minimum atomic E-state index is 0.491. The van der Waals surface area contributed by atoms with E-state index in [0.717, 1.165) is 22.7 Å². The molecular weight excluding hydrogens is 248 g/mol. The summed E-state index contributed by atoms with van der Waals surface area (Å²) in [6.45, 7) is 9.00. The summed E-state index contributed by atoms with van der Waals surface area (Å²) in [6, 6.07) is 6.76. The van der Waals surface area contributed by atoms with Crippen LogP contribution in [0.4, 0.5) is 5.69 Å². The first-order valence-electron chi connectivity index (χ1n) is 7.57. The van der Waals surface area contributed by atoms with Gasteiger partial charge in [-0.2, -0.15) is 0 Å². The van der Waals surface area contributed by atoms with Gasteiger partial charge in [-0.3, -0.25) is 0 Å². The molecule has 108 valence electrons. The minimum Gasteiger partial charge on any atom is -0.441 e. The van der Waals surface area contributed by atoms with E-state index in [1.54, 1.807) is 0 Å². The molecule has 1 aliphatic rings. The molecule has 2 unspecified atom stereocenters. The summed E-state index contributed by atoms with van der Waals surface area (Å²) in [5.41, 5.74) is 3.45. The van der Waals surface area contributed by atoms with Gasteiger partial charge in [0.1, 0.15) is 5.52 Å². The van der Waals surface area contributed by atoms with Gasteiger partial charge < -0.3 is 9.73 Å². The van der Waals surface area contributed by atoms with Crippen molar-refractivity contribution in [1.29, 1.82) is 0 Å². The molecule has 0 spiro atoms. The largest absolute Gasteiger partial charge is 0.441 e. The van der Waals surface area contributed by atoms with Gasteiger partial charge in [0.25, 0.3) is 0 Å². The topological polar surface area (TPSA) is 38.1 Å². The molecule has 1 aliphatic carbocycles. The Balaban J connectivity index is 1.76. The Labute approximate surface area is 120 Å². The van der Waals surface area contributed by atoms with Gasteiger partial charge in [0, 0.05) is 18.7 Å². The van der Waals surface area contributed by atoms with Gasteiger partial charge in [0.15, 0.2) is 11.5 Å². The highest BCUT2D eigenvalue weighted by molar-refractivity contribution is 5.77. The molecule has 0 amide bonds. The van der Waals surface area contributed by atoms with Crippen LogP contribution in [-0.4, -0.2) is 11.0 Å². The standard InChI is InChI=1S/C17H24N2O/c1-11-10-17(3,4)8-7-14(11)19-13-5-6-16-15(9-13)18-12(2)20-16/h5-6,9,11,14,19H,7-8,10H2,1-4H3. The lowest BCUT2D eigenvalue weighted by atomic mass is 9.70. The van der Waals surface area contributed by atoms with E-state index < -0.39 is 0 Å². The summed E-state index contributed by atoms with van der Waals surface area (Å²) in [6.07, 6.45) is 3.82. The monoisotopic (exact) mass is 272 g/mol. The van der Waals surface area contributed by atoms with E-state index in [0.29, 0.717) is 17.4 Å². The molecule has 1 aromatic carbocycles. The smallest absolute Gasteiger partial charge is 0.192 e. The number of hydrogen-bond donors (Lipinski definition) is 1. The Morgan fingerprint density at radius 3 is 2.90 bits per heavy atom. The molecule has 0 saturated heterocycles. The van der Waals surface area contributed by atoms with Crippen LogP contribution in [0, 0.1) is 18.3 Å². The molecule has 0 bridgehead atoms. The third-order valence-corrected chi connectivity index (χ3v) is 4.54. The van der Waals surface area contributed by atoms with E-state index in [1.807, 2.05) is 13.0 Å². The summed E-state index contributed by atoms with van der Waals surface area (Å²) >= 11 is 0. The van der Waals surface area contributed by atoms with Gasteiger partial charge in [0.2, 0.25) is 0 Å². The number of aromatic nitrogens is 1. The zero-order valence-electron chi connectivity index (χ0n) is 12.9. The maximum absolute atomic E-state index is 5.52. The van der Waals surface area contributed by atoms with Gasteiger partial charge in [-0.25, -0.2) is 4.98 Å². The number of rotatable bonds is 2. The highest BCUT2D eigenvalue weighted by atomic mass is 16.3. The molecule has 3 heteroatoms. The van der Waals surface area contributed by atoms with Gasteiger partial charge in [-0.15, -0.1) is 0 Å². The van der Waals surface area contributed by atoms with Crippen molar-refractivity contribution >= 4 is 16.8 Å². The van der Waals surface area contributed by atoms with Crippen LogP contribution in [0.15, 0.2) is 22.6 Å². The van der Waals surface area contributed by atoms with Gasteiger partial charge in [0.05, 0.1) is 0 Å². The van der Waals surface area contributed by atoms with Crippen molar-refractivity contribution in [2.45, 2.75) is 53.0 Å². The van der Waals surface area contributed by atoms with Crippen molar-refractivity contribution in [3.8, 4) is 0 Å². The van der Waals surface area contributed by atoms with Crippen molar-refractivity contribution < 1.29 is 4.42 Å². The molecule has 1 heterocycles. The SMILES string of the molecule is Cc1nc2cc(NC3CCC(C)(C)CC3C)ccc2o1. The van der Waals surface area contributed by atoms with E-state index >= 15 is 0 Å². The van der Waals surface area contributed by atoms with E-state index in [4.69, 9.17) is 4.42 Å². The second-order valence-corrected chi connectivity index (χ2v) is 7.05. The molecule has 1 aromatic heterocycles. The first-order valence-corrected chi connectivity index (χ1v) is 7.57. The zero-order chi connectivity index (χ0) is 14.3. The van der Waals surface area contributed by atoms with Crippen molar-refractivity contribution in [2.75, 3.05) is 5.32 Å². The number of anilines is 1. The second kappa shape index (κ2) is 4.80. The van der Waals surface area contributed by atoms with Crippen molar-refractivity contribution in [3.05, 3.63) is 24.1 Å². The third-order valence-electron chi connectivity index (χ3n) is 4.54. The molecule has 2 atom stereocenters. The van der Waals surface area contributed by atoms with Crippen molar-refractivity contribution in [2.24, 2.45) is 11.3 Å². The zero-order valence-corrected chi connectivity index (χ0v) is 12.9. The number of hydrogen-bond acceptors (Lipinski definition) is 3. The van der Waals surface area contributed by atoms with Crippen molar-refractivity contribution in [3.63, 3.8) is 0 Å². The first kappa shape index (κ1) is 13.5. The highest BCUT2D eigenvalue weighted by Gasteiger charge is 2.32. The maximum Gasteiger partial charge on any atom is 0.192 e. The summed E-state index contributed by atoms with van der Waals surface area (Å²) in [7, 11) is 0. The summed E-state index contributed by atoms with van der Waals surface area (Å²) in [5.74, 6) is 1.43. The van der Waals surface area contributed by atoms with Crippen LogP contribution in [0.25, 0.3) is 11.1 Å². The Morgan fingerprint density at radius 1 is 1.35 bits per heavy atom. The summed E-state index contributed by atoms with van der Waals surface area (Å²) in [4.78, 5) is 4.40. The van der Waals surface area contributed by atoms with Crippen molar-refractivity contribution in [1.82, 2.24) is 4.98 Å². The van der Waals surface area contributed by atoms with Crippen LogP contribution in [0.1, 0.15) is 45.9 Å². The number of nitrogens with zero attached hydrogens (tertiary/aromatic N) is 1. The fraction of sp³-hybridized carbons (Fsp3) is 0.588. The third kappa shape index (κ3) is 2.67. The quantitative estimate of drug-likeness (QED) is 0.856. The predicted molar refractivity (Wildman–Crippen MR) is 83.0 cm³/mol. The van der Waals surface area contributed by atoms with Crippen LogP contribution >= 0.6 is 0 Å². The van der Waals surface area contributed by atoms with Gasteiger partial charge >= 0.3 is 0 Å². The number of nitrogens with one attached hydrogen (secondary N) is 1. The van der Waals surface area contributed by atoms with E-state index in [9.17, 15) is 0 Å². The lowest BCUT2D eigenvalue weighted by Gasteiger charge is -2.40. The van der Waals surface area contributed by atoms with Gasteiger partial charge in [-0.05, 0) is 48.8 Å². The van der Waals surface area contributed by atoms with E-state index in [2.05, 4.69) is 43.2 Å². The lowest BCUT2D eigenvalue weighted by Crippen LogP contribution is -2.36. The molecule has 20 heavy (non-hydrogen) atoms. The molecule has 3 rings (SSSR count). The first-order chi connectivity index (χ1) is 9.43. The maximum atomic E-state index is 5.52. The number of oxazole rings is 1. The number of fused-ring (bicyclic) bond motifs is 1. The molecule has 3 nitrogen and oxygen atoms in total. The average molecular weight is 272 g/mol. The molecule has 0 aliphatic heterocycles. The summed E-state index contributed by atoms with van der Waals surface area (Å²) < 4.78 is 5.52. The van der Waals surface area contributed by atoms with Crippen LogP contribution in [0.3, 0.4) is 0 Å². The average Bonchev–Trinajstić information content (AvgIpc) is 2.71. The Kier molecular flexibility index (Phi) is 3.23. The predicted octanol–water partition coefficient (Wildman–Crippen LogP) is 4.76. The Hall–Kier alpha value is -1.51. The molecule has 2 aromatic rings. The number of benzene rings is 1. The van der Waals surface area contributed by atoms with Crippen LogP contribution in [0.5, 0.6) is 0 Å². The van der Waals surface area contributed by atoms with Gasteiger partial charge in [-0.1, -0.05) is 20.8 Å². The fourth-order valence-electron chi connectivity index (χ4n) is 3.51. The Bertz CT molecular complexity index is 614. The van der Waals surface area contributed by atoms with E-state index in [1.165, 1.54) is 19.3 Å². The molecule has 1 fully saturated rings. The second-order valence-electron chi connectivity index (χ2n) is 7.05. The lowest BCUT2D eigenvalue weighted by molar-refractivity contribution is 0.177. The Morgan fingerprint density at radius 2 is 2.15 bits per heavy atom. The summed E-state index contributed by atoms with van der Waals surface area (Å²) in [5, 5.41) is 3.69. The normalized spacial score (nSPS) is 25.8. The minimum absolute atomic E-state index is 0.491. The fourth-order valence-corrected chi connectivity index (χ4v) is 3.51. The molecule has 1 saturated carbocycles. The van der Waals surface area contributed by atoms with E-state index in [-0.39, 0.29) is 0 Å². The van der Waals surface area contributed by atoms with Crippen LogP contribution in [-0.2, 0) is 0 Å². The molecule has 1 N–H and O–H groups in total. The molecule has 0 radical (unpaired) electrons. The van der Waals surface area contributed by atoms with Crippen LogP contribution < -0.4 is 5.32 Å².